The van der Waals surface area contributed by atoms with Crippen LogP contribution in [-0.2, 0) is 6.54 Å². The summed E-state index contributed by atoms with van der Waals surface area (Å²) in [4.78, 5) is 2.25. The maximum Gasteiger partial charge on any atom is 0.105 e. The van der Waals surface area contributed by atoms with Crippen molar-refractivity contribution in [1.29, 1.82) is 0 Å². The molecular weight excluding hydrogens is 177 g/mol. The number of halogens is 1. The van der Waals surface area contributed by atoms with Crippen LogP contribution in [0.15, 0.2) is 30.3 Å². The van der Waals surface area contributed by atoms with Crippen LogP contribution < -0.4 is 0 Å². The standard InChI is InChI=1S/C12H16FN/c13-9-12-7-4-8-14(12)10-11-5-2-1-3-6-11/h1-3,5-6,12H,4,7-10H2/t12-/m0/s1. The second kappa shape index (κ2) is 4.56. The second-order valence-electron chi connectivity index (χ2n) is 3.91. The van der Waals surface area contributed by atoms with E-state index in [0.717, 1.165) is 25.9 Å². The Hall–Kier alpha value is -0.890. The molecule has 0 unspecified atom stereocenters. The van der Waals surface area contributed by atoms with Crippen LogP contribution in [0, 0.1) is 0 Å². The quantitative estimate of drug-likeness (QED) is 0.713. The summed E-state index contributed by atoms with van der Waals surface area (Å²) in [5.74, 6) is 0. The molecule has 1 aliphatic heterocycles. The van der Waals surface area contributed by atoms with Gasteiger partial charge < -0.3 is 0 Å². The van der Waals surface area contributed by atoms with Gasteiger partial charge in [-0.1, -0.05) is 30.3 Å². The molecule has 1 saturated heterocycles. The molecule has 0 bridgehead atoms. The third-order valence-electron chi connectivity index (χ3n) is 2.91. The third kappa shape index (κ3) is 2.13. The summed E-state index contributed by atoms with van der Waals surface area (Å²) < 4.78 is 12.6. The molecule has 0 aromatic heterocycles. The number of hydrogen-bond donors (Lipinski definition) is 0. The normalized spacial score (nSPS) is 22.8. The topological polar surface area (TPSA) is 3.24 Å². The fraction of sp³-hybridized carbons (Fsp3) is 0.500. The second-order valence-corrected chi connectivity index (χ2v) is 3.91. The van der Waals surface area contributed by atoms with Crippen molar-refractivity contribution < 1.29 is 4.39 Å². The molecule has 1 aliphatic rings. The van der Waals surface area contributed by atoms with Gasteiger partial charge in [-0.3, -0.25) is 4.90 Å². The number of rotatable bonds is 3. The number of benzene rings is 1. The molecule has 0 spiro atoms. The fourth-order valence-electron chi connectivity index (χ4n) is 2.10. The van der Waals surface area contributed by atoms with Crippen LogP contribution in [0.25, 0.3) is 0 Å². The molecule has 1 aromatic carbocycles. The Balaban J connectivity index is 1.97. The monoisotopic (exact) mass is 193 g/mol. The highest BCUT2D eigenvalue weighted by Gasteiger charge is 2.23. The molecule has 0 saturated carbocycles. The van der Waals surface area contributed by atoms with Gasteiger partial charge in [-0.15, -0.1) is 0 Å². The van der Waals surface area contributed by atoms with Crippen molar-refractivity contribution in [2.45, 2.75) is 25.4 Å². The van der Waals surface area contributed by atoms with Gasteiger partial charge >= 0.3 is 0 Å². The summed E-state index contributed by atoms with van der Waals surface area (Å²) in [6, 6.07) is 10.5. The van der Waals surface area contributed by atoms with Gasteiger partial charge in [-0.05, 0) is 24.9 Å². The SMILES string of the molecule is FC[C@@H]1CCCN1Cc1ccccc1. The van der Waals surface area contributed by atoms with E-state index in [0.29, 0.717) is 0 Å². The lowest BCUT2D eigenvalue weighted by Gasteiger charge is -2.21. The van der Waals surface area contributed by atoms with Gasteiger partial charge in [0.25, 0.3) is 0 Å². The van der Waals surface area contributed by atoms with Crippen molar-refractivity contribution in [1.82, 2.24) is 4.90 Å². The molecular formula is C12H16FN. The first kappa shape index (κ1) is 9.66. The highest BCUT2D eigenvalue weighted by atomic mass is 19.1. The van der Waals surface area contributed by atoms with Crippen molar-refractivity contribution in [3.63, 3.8) is 0 Å². The summed E-state index contributed by atoms with van der Waals surface area (Å²) in [5, 5.41) is 0. The summed E-state index contributed by atoms with van der Waals surface area (Å²) in [6.45, 7) is 1.74. The van der Waals surface area contributed by atoms with E-state index in [1.54, 1.807) is 0 Å². The maximum absolute atomic E-state index is 12.6. The van der Waals surface area contributed by atoms with E-state index in [-0.39, 0.29) is 12.7 Å². The highest BCUT2D eigenvalue weighted by Crippen LogP contribution is 2.19. The molecule has 1 nitrogen and oxygen atoms in total. The van der Waals surface area contributed by atoms with Gasteiger partial charge in [0.2, 0.25) is 0 Å². The molecule has 0 amide bonds. The molecule has 76 valence electrons. The van der Waals surface area contributed by atoms with Gasteiger partial charge in [-0.2, -0.15) is 0 Å². The van der Waals surface area contributed by atoms with Crippen LogP contribution in [-0.4, -0.2) is 24.2 Å². The zero-order valence-corrected chi connectivity index (χ0v) is 8.32. The van der Waals surface area contributed by atoms with Crippen molar-refractivity contribution in [2.24, 2.45) is 0 Å². The lowest BCUT2D eigenvalue weighted by atomic mass is 10.2. The molecule has 2 heteroatoms. The number of likely N-dealkylation sites (tertiary alicyclic amines) is 1. The molecule has 1 heterocycles. The average Bonchev–Trinajstić information content (AvgIpc) is 2.67. The predicted molar refractivity (Wildman–Crippen MR) is 55.8 cm³/mol. The van der Waals surface area contributed by atoms with Gasteiger partial charge in [0.1, 0.15) is 6.67 Å². The molecule has 1 atom stereocenters. The van der Waals surface area contributed by atoms with E-state index in [2.05, 4.69) is 17.0 Å². The summed E-state index contributed by atoms with van der Waals surface area (Å²) in [5.41, 5.74) is 1.29. The van der Waals surface area contributed by atoms with Gasteiger partial charge in [0, 0.05) is 12.6 Å². The van der Waals surface area contributed by atoms with Crippen molar-refractivity contribution in [3.8, 4) is 0 Å². The zero-order valence-electron chi connectivity index (χ0n) is 8.32. The molecule has 0 aliphatic carbocycles. The first-order chi connectivity index (χ1) is 6.90. The van der Waals surface area contributed by atoms with Crippen LogP contribution in [0.5, 0.6) is 0 Å². The van der Waals surface area contributed by atoms with Gasteiger partial charge in [0.05, 0.1) is 0 Å². The largest absolute Gasteiger partial charge is 0.294 e. The van der Waals surface area contributed by atoms with Crippen molar-refractivity contribution in [2.75, 3.05) is 13.2 Å². The van der Waals surface area contributed by atoms with Gasteiger partial charge in [-0.25, -0.2) is 4.39 Å². The highest BCUT2D eigenvalue weighted by molar-refractivity contribution is 5.14. The van der Waals surface area contributed by atoms with Crippen LogP contribution in [0.1, 0.15) is 18.4 Å². The smallest absolute Gasteiger partial charge is 0.105 e. The van der Waals surface area contributed by atoms with Crippen LogP contribution >= 0.6 is 0 Å². The molecule has 1 aromatic rings. The van der Waals surface area contributed by atoms with E-state index in [9.17, 15) is 4.39 Å². The Kier molecular flexibility index (Phi) is 3.14. The first-order valence-corrected chi connectivity index (χ1v) is 5.24. The van der Waals surface area contributed by atoms with Crippen LogP contribution in [0.3, 0.4) is 0 Å². The van der Waals surface area contributed by atoms with E-state index >= 15 is 0 Å². The lowest BCUT2D eigenvalue weighted by Crippen LogP contribution is -2.30. The molecule has 1 fully saturated rings. The molecule has 0 N–H and O–H groups in total. The maximum atomic E-state index is 12.6. The van der Waals surface area contributed by atoms with E-state index in [1.165, 1.54) is 5.56 Å². The van der Waals surface area contributed by atoms with Crippen LogP contribution in [0.4, 0.5) is 4.39 Å². The third-order valence-corrected chi connectivity index (χ3v) is 2.91. The summed E-state index contributed by atoms with van der Waals surface area (Å²) in [7, 11) is 0. The number of alkyl halides is 1. The van der Waals surface area contributed by atoms with Crippen molar-refractivity contribution >= 4 is 0 Å². The van der Waals surface area contributed by atoms with E-state index in [4.69, 9.17) is 0 Å². The molecule has 2 rings (SSSR count). The van der Waals surface area contributed by atoms with Crippen molar-refractivity contribution in [3.05, 3.63) is 35.9 Å². The first-order valence-electron chi connectivity index (χ1n) is 5.24. The summed E-state index contributed by atoms with van der Waals surface area (Å²) in [6.07, 6.45) is 2.16. The molecule has 14 heavy (non-hydrogen) atoms. The summed E-state index contributed by atoms with van der Waals surface area (Å²) >= 11 is 0. The van der Waals surface area contributed by atoms with Gasteiger partial charge in [0.15, 0.2) is 0 Å². The Morgan fingerprint density at radius 3 is 2.79 bits per heavy atom. The minimum atomic E-state index is -0.202. The average molecular weight is 193 g/mol. The minimum absolute atomic E-state index is 0.162. The van der Waals surface area contributed by atoms with Crippen LogP contribution in [0.2, 0.25) is 0 Å². The number of nitrogens with zero attached hydrogens (tertiary/aromatic N) is 1. The Morgan fingerprint density at radius 2 is 2.07 bits per heavy atom. The van der Waals surface area contributed by atoms with E-state index < -0.39 is 0 Å². The number of hydrogen-bond acceptors (Lipinski definition) is 1. The molecule has 0 radical (unpaired) electrons. The Morgan fingerprint density at radius 1 is 1.29 bits per heavy atom. The fourth-order valence-corrected chi connectivity index (χ4v) is 2.10. The van der Waals surface area contributed by atoms with E-state index in [1.807, 2.05) is 18.2 Å². The predicted octanol–water partition coefficient (Wildman–Crippen LogP) is 2.62. The Bertz CT molecular complexity index is 273. The minimum Gasteiger partial charge on any atom is -0.294 e. The zero-order chi connectivity index (χ0) is 9.80. The Labute approximate surface area is 84.5 Å². The lowest BCUT2D eigenvalue weighted by molar-refractivity contribution is 0.207.